The molecular weight excluding hydrogens is 226 g/mol. The number of aliphatic hydroxyl groups is 1. The first kappa shape index (κ1) is 15.9. The van der Waals surface area contributed by atoms with Crippen molar-refractivity contribution in [2.24, 2.45) is 5.41 Å². The van der Waals surface area contributed by atoms with E-state index in [0.29, 0.717) is 19.4 Å². The fourth-order valence-electron chi connectivity index (χ4n) is 1.19. The van der Waals surface area contributed by atoms with Gasteiger partial charge in [-0.1, -0.05) is 34.1 Å². The van der Waals surface area contributed by atoms with Crippen LogP contribution in [0.15, 0.2) is 0 Å². The Balaban J connectivity index is 3.90. The molecule has 0 fully saturated rings. The van der Waals surface area contributed by atoms with Crippen molar-refractivity contribution in [2.75, 3.05) is 12.3 Å². The van der Waals surface area contributed by atoms with Gasteiger partial charge in [0, 0.05) is 6.54 Å². The number of hydrogen-bond acceptors (Lipinski definition) is 3. The van der Waals surface area contributed by atoms with E-state index in [2.05, 4.69) is 4.72 Å². The normalized spacial score (nSPS) is 15.1. The molecule has 0 radical (unpaired) electrons. The summed E-state index contributed by atoms with van der Waals surface area (Å²) in [6.07, 6.45) is 1.51. The largest absolute Gasteiger partial charge is 0.393 e. The summed E-state index contributed by atoms with van der Waals surface area (Å²) >= 11 is 0. The fourth-order valence-corrected chi connectivity index (χ4v) is 2.43. The molecule has 0 aliphatic rings. The highest BCUT2D eigenvalue weighted by Gasteiger charge is 2.22. The summed E-state index contributed by atoms with van der Waals surface area (Å²) in [6.45, 7) is 8.07. The molecule has 0 heterocycles. The molecule has 0 spiro atoms. The number of rotatable bonds is 7. The standard InChI is InChI=1S/C11H25NO3S/c1-5-6-9-16(14,15)12-8-7-10(13)11(2,3)4/h10,12-13H,5-9H2,1-4H3/t10-/m1/s1. The lowest BCUT2D eigenvalue weighted by molar-refractivity contribution is 0.0571. The van der Waals surface area contributed by atoms with Crippen molar-refractivity contribution in [3.63, 3.8) is 0 Å². The van der Waals surface area contributed by atoms with Crippen molar-refractivity contribution >= 4 is 10.0 Å². The van der Waals surface area contributed by atoms with Gasteiger partial charge in [-0.25, -0.2) is 13.1 Å². The Hall–Kier alpha value is -0.130. The van der Waals surface area contributed by atoms with E-state index in [9.17, 15) is 13.5 Å². The lowest BCUT2D eigenvalue weighted by Gasteiger charge is -2.25. The molecule has 5 heteroatoms. The van der Waals surface area contributed by atoms with Gasteiger partial charge in [0.25, 0.3) is 0 Å². The zero-order valence-electron chi connectivity index (χ0n) is 10.8. The van der Waals surface area contributed by atoms with E-state index in [1.54, 1.807) is 0 Å². The minimum atomic E-state index is -3.15. The van der Waals surface area contributed by atoms with Gasteiger partial charge >= 0.3 is 0 Å². The third-order valence-electron chi connectivity index (χ3n) is 2.51. The van der Waals surface area contributed by atoms with Crippen LogP contribution in [-0.4, -0.2) is 31.9 Å². The lowest BCUT2D eigenvalue weighted by Crippen LogP contribution is -2.33. The van der Waals surface area contributed by atoms with Crippen LogP contribution in [0.2, 0.25) is 0 Å². The van der Waals surface area contributed by atoms with Crippen molar-refractivity contribution in [1.82, 2.24) is 4.72 Å². The maximum atomic E-state index is 11.4. The van der Waals surface area contributed by atoms with E-state index in [-0.39, 0.29) is 11.2 Å². The summed E-state index contributed by atoms with van der Waals surface area (Å²) in [5.74, 6) is 0.176. The van der Waals surface area contributed by atoms with Crippen molar-refractivity contribution in [1.29, 1.82) is 0 Å². The molecule has 0 aromatic heterocycles. The Morgan fingerprint density at radius 3 is 2.31 bits per heavy atom. The summed E-state index contributed by atoms with van der Waals surface area (Å²) < 4.78 is 25.4. The predicted octanol–water partition coefficient (Wildman–Crippen LogP) is 1.50. The van der Waals surface area contributed by atoms with Gasteiger partial charge in [-0.05, 0) is 18.3 Å². The lowest BCUT2D eigenvalue weighted by atomic mass is 9.87. The van der Waals surface area contributed by atoms with Crippen LogP contribution in [0.25, 0.3) is 0 Å². The zero-order valence-corrected chi connectivity index (χ0v) is 11.6. The van der Waals surface area contributed by atoms with Crippen LogP contribution in [0.5, 0.6) is 0 Å². The SMILES string of the molecule is CCCCS(=O)(=O)NCC[C@@H](O)C(C)(C)C. The van der Waals surface area contributed by atoms with Crippen molar-refractivity contribution in [2.45, 2.75) is 53.1 Å². The van der Waals surface area contributed by atoms with E-state index in [1.807, 2.05) is 27.7 Å². The Kier molecular flexibility index (Phi) is 6.51. The summed E-state index contributed by atoms with van der Waals surface area (Å²) in [5, 5.41) is 9.72. The molecule has 0 saturated heterocycles. The molecule has 0 aliphatic carbocycles. The van der Waals surface area contributed by atoms with Crippen LogP contribution in [0.3, 0.4) is 0 Å². The Bertz CT molecular complexity index is 280. The first-order chi connectivity index (χ1) is 7.19. The van der Waals surface area contributed by atoms with Gasteiger partial charge in [0.2, 0.25) is 10.0 Å². The van der Waals surface area contributed by atoms with E-state index in [4.69, 9.17) is 0 Å². The maximum Gasteiger partial charge on any atom is 0.211 e. The highest BCUT2D eigenvalue weighted by atomic mass is 32.2. The molecule has 0 aliphatic heterocycles. The van der Waals surface area contributed by atoms with E-state index in [0.717, 1.165) is 6.42 Å². The Morgan fingerprint density at radius 2 is 1.88 bits per heavy atom. The number of nitrogens with one attached hydrogen (secondary N) is 1. The minimum Gasteiger partial charge on any atom is -0.393 e. The number of aliphatic hydroxyl groups excluding tert-OH is 1. The van der Waals surface area contributed by atoms with E-state index in [1.165, 1.54) is 0 Å². The second kappa shape index (κ2) is 6.57. The zero-order chi connectivity index (χ0) is 12.8. The minimum absolute atomic E-state index is 0.176. The highest BCUT2D eigenvalue weighted by Crippen LogP contribution is 2.20. The van der Waals surface area contributed by atoms with Gasteiger partial charge in [0.15, 0.2) is 0 Å². The Labute approximate surface area is 99.5 Å². The molecule has 0 aromatic rings. The summed E-state index contributed by atoms with van der Waals surface area (Å²) in [6, 6.07) is 0. The van der Waals surface area contributed by atoms with Crippen LogP contribution in [-0.2, 0) is 10.0 Å². The smallest absolute Gasteiger partial charge is 0.211 e. The molecule has 0 saturated carbocycles. The fraction of sp³-hybridized carbons (Fsp3) is 1.00. The van der Waals surface area contributed by atoms with Gasteiger partial charge in [-0.2, -0.15) is 0 Å². The average molecular weight is 251 g/mol. The summed E-state index contributed by atoms with van der Waals surface area (Å²) in [4.78, 5) is 0. The van der Waals surface area contributed by atoms with Crippen LogP contribution in [0.1, 0.15) is 47.0 Å². The van der Waals surface area contributed by atoms with Gasteiger partial charge < -0.3 is 5.11 Å². The first-order valence-corrected chi connectivity index (χ1v) is 7.49. The van der Waals surface area contributed by atoms with Crippen LogP contribution >= 0.6 is 0 Å². The van der Waals surface area contributed by atoms with Crippen LogP contribution in [0.4, 0.5) is 0 Å². The Morgan fingerprint density at radius 1 is 1.31 bits per heavy atom. The van der Waals surface area contributed by atoms with E-state index < -0.39 is 16.1 Å². The van der Waals surface area contributed by atoms with Gasteiger partial charge in [0.1, 0.15) is 0 Å². The highest BCUT2D eigenvalue weighted by molar-refractivity contribution is 7.89. The molecule has 2 N–H and O–H groups in total. The maximum absolute atomic E-state index is 11.4. The van der Waals surface area contributed by atoms with E-state index >= 15 is 0 Å². The van der Waals surface area contributed by atoms with Crippen molar-refractivity contribution in [3.05, 3.63) is 0 Å². The average Bonchev–Trinajstić information content (AvgIpc) is 2.13. The van der Waals surface area contributed by atoms with Crippen molar-refractivity contribution < 1.29 is 13.5 Å². The molecule has 0 bridgehead atoms. The van der Waals surface area contributed by atoms with Crippen LogP contribution < -0.4 is 4.72 Å². The van der Waals surface area contributed by atoms with Crippen molar-refractivity contribution in [3.8, 4) is 0 Å². The molecule has 0 unspecified atom stereocenters. The summed E-state index contributed by atoms with van der Waals surface area (Å²) in [7, 11) is -3.15. The van der Waals surface area contributed by atoms with Gasteiger partial charge in [0.05, 0.1) is 11.9 Å². The molecule has 98 valence electrons. The molecule has 0 rings (SSSR count). The third kappa shape index (κ3) is 7.19. The second-order valence-corrected chi connectivity index (χ2v) is 7.16. The topological polar surface area (TPSA) is 66.4 Å². The number of hydrogen-bond donors (Lipinski definition) is 2. The molecule has 0 aromatic carbocycles. The van der Waals surface area contributed by atoms with Gasteiger partial charge in [-0.15, -0.1) is 0 Å². The van der Waals surface area contributed by atoms with Crippen LogP contribution in [0, 0.1) is 5.41 Å². The number of sulfonamides is 1. The quantitative estimate of drug-likeness (QED) is 0.720. The molecule has 4 nitrogen and oxygen atoms in total. The molecule has 0 amide bonds. The van der Waals surface area contributed by atoms with Gasteiger partial charge in [-0.3, -0.25) is 0 Å². The predicted molar refractivity (Wildman–Crippen MR) is 66.8 cm³/mol. The first-order valence-electron chi connectivity index (χ1n) is 5.84. The monoisotopic (exact) mass is 251 g/mol. The molecular formula is C11H25NO3S. The summed E-state index contributed by atoms with van der Waals surface area (Å²) in [5.41, 5.74) is -0.200. The second-order valence-electron chi connectivity index (χ2n) is 5.24. The molecule has 1 atom stereocenters. The third-order valence-corrected chi connectivity index (χ3v) is 3.98. The number of unbranched alkanes of at least 4 members (excludes halogenated alkanes) is 1. The molecule has 16 heavy (non-hydrogen) atoms.